The Morgan fingerprint density at radius 3 is 2.21 bits per heavy atom. The Kier molecular flexibility index (Phi) is 6.23. The van der Waals surface area contributed by atoms with Gasteiger partial charge in [0.1, 0.15) is 0 Å². The number of anilines is 2. The lowest BCUT2D eigenvalue weighted by Crippen LogP contribution is -2.27. The predicted octanol–water partition coefficient (Wildman–Crippen LogP) is 5.38. The van der Waals surface area contributed by atoms with Crippen molar-refractivity contribution >= 4 is 17.5 Å². The fourth-order valence-corrected chi connectivity index (χ4v) is 2.11. The van der Waals surface area contributed by atoms with Crippen LogP contribution in [-0.2, 0) is 4.74 Å². The number of amides is 1. The molecule has 127 valence electrons. The molecule has 0 bridgehead atoms. The van der Waals surface area contributed by atoms with Crippen molar-refractivity contribution in [3.05, 3.63) is 66.8 Å². The van der Waals surface area contributed by atoms with Gasteiger partial charge >= 0.3 is 6.09 Å². The van der Waals surface area contributed by atoms with Crippen molar-refractivity contribution in [1.82, 2.24) is 0 Å². The number of hydrogen-bond donors (Lipinski definition) is 0. The first kappa shape index (κ1) is 17.8. The van der Waals surface area contributed by atoms with Crippen LogP contribution in [0.15, 0.2) is 42.5 Å². The maximum atomic E-state index is 13.5. The third kappa shape index (κ3) is 4.28. The number of rotatable bonds is 6. The minimum atomic E-state index is -1.59. The third-order valence-electron chi connectivity index (χ3n) is 3.29. The Morgan fingerprint density at radius 1 is 1.00 bits per heavy atom. The summed E-state index contributed by atoms with van der Waals surface area (Å²) < 4.78 is 45.4. The molecule has 24 heavy (non-hydrogen) atoms. The van der Waals surface area contributed by atoms with Crippen molar-refractivity contribution in [3.63, 3.8) is 0 Å². The molecular weight excluding hydrogens is 319 g/mol. The Balaban J connectivity index is 2.32. The average molecular weight is 336 g/mol. The SMILES string of the molecule is [CH2]CCCCOC(=O)N(c1ccccc1)c1cc(F)c(F)c(F)c1. The molecule has 0 aliphatic carbocycles. The van der Waals surface area contributed by atoms with Gasteiger partial charge in [0.25, 0.3) is 0 Å². The molecule has 0 aliphatic heterocycles. The molecule has 0 N–H and O–H groups in total. The summed E-state index contributed by atoms with van der Waals surface area (Å²) in [5.74, 6) is -4.35. The van der Waals surface area contributed by atoms with E-state index in [0.717, 1.165) is 23.5 Å². The number of ether oxygens (including phenoxy) is 1. The van der Waals surface area contributed by atoms with Crippen LogP contribution >= 0.6 is 0 Å². The van der Waals surface area contributed by atoms with E-state index in [9.17, 15) is 18.0 Å². The van der Waals surface area contributed by atoms with Crippen molar-refractivity contribution in [2.45, 2.75) is 19.3 Å². The van der Waals surface area contributed by atoms with Crippen LogP contribution < -0.4 is 4.90 Å². The summed E-state index contributed by atoms with van der Waals surface area (Å²) in [4.78, 5) is 13.4. The molecule has 6 heteroatoms. The fraction of sp³-hybridized carbons (Fsp3) is 0.222. The highest BCUT2D eigenvalue weighted by atomic mass is 19.2. The molecule has 0 saturated carbocycles. The molecule has 0 spiro atoms. The van der Waals surface area contributed by atoms with Gasteiger partial charge in [0.15, 0.2) is 17.5 Å². The Labute approximate surface area is 138 Å². The second-order valence-electron chi connectivity index (χ2n) is 5.07. The summed E-state index contributed by atoms with van der Waals surface area (Å²) in [5.41, 5.74) is 0.199. The van der Waals surface area contributed by atoms with E-state index in [-0.39, 0.29) is 12.3 Å². The van der Waals surface area contributed by atoms with Crippen LogP contribution in [0.5, 0.6) is 0 Å². The Hall–Kier alpha value is -2.50. The van der Waals surface area contributed by atoms with Crippen LogP contribution in [0.25, 0.3) is 0 Å². The zero-order valence-corrected chi connectivity index (χ0v) is 13.0. The van der Waals surface area contributed by atoms with E-state index in [1.807, 2.05) is 0 Å². The van der Waals surface area contributed by atoms with Crippen molar-refractivity contribution in [1.29, 1.82) is 0 Å². The first-order valence-corrected chi connectivity index (χ1v) is 7.50. The maximum absolute atomic E-state index is 13.5. The zero-order chi connectivity index (χ0) is 17.5. The lowest BCUT2D eigenvalue weighted by molar-refractivity contribution is 0.154. The monoisotopic (exact) mass is 336 g/mol. The molecule has 1 radical (unpaired) electrons. The Morgan fingerprint density at radius 2 is 1.62 bits per heavy atom. The number of carbonyl (C=O) groups excluding carboxylic acids is 1. The Bertz CT molecular complexity index is 669. The maximum Gasteiger partial charge on any atom is 0.418 e. The van der Waals surface area contributed by atoms with Gasteiger partial charge in [-0.2, -0.15) is 0 Å². The van der Waals surface area contributed by atoms with Crippen molar-refractivity contribution in [2.75, 3.05) is 11.5 Å². The summed E-state index contributed by atoms with van der Waals surface area (Å²) in [6.07, 6.45) is 1.34. The zero-order valence-electron chi connectivity index (χ0n) is 13.0. The van der Waals surface area contributed by atoms with E-state index in [1.165, 1.54) is 0 Å². The molecule has 2 rings (SSSR count). The molecule has 0 aromatic heterocycles. The smallest absolute Gasteiger partial charge is 0.418 e. The summed E-state index contributed by atoms with van der Waals surface area (Å²) in [7, 11) is 0. The van der Waals surface area contributed by atoms with Crippen LogP contribution in [0, 0.1) is 24.4 Å². The molecule has 0 saturated heterocycles. The molecular formula is C18H17F3NO2. The van der Waals surface area contributed by atoms with Gasteiger partial charge < -0.3 is 4.74 Å². The first-order valence-electron chi connectivity index (χ1n) is 7.50. The number of halogens is 3. The van der Waals surface area contributed by atoms with E-state index < -0.39 is 23.5 Å². The van der Waals surface area contributed by atoms with Gasteiger partial charge in [0, 0.05) is 12.1 Å². The number of para-hydroxylation sites is 1. The van der Waals surface area contributed by atoms with Gasteiger partial charge in [-0.1, -0.05) is 38.0 Å². The van der Waals surface area contributed by atoms with Gasteiger partial charge in [-0.15, -0.1) is 0 Å². The lowest BCUT2D eigenvalue weighted by Gasteiger charge is -2.22. The van der Waals surface area contributed by atoms with E-state index >= 15 is 0 Å². The van der Waals surface area contributed by atoms with Crippen LogP contribution in [0.4, 0.5) is 29.3 Å². The molecule has 2 aromatic carbocycles. The summed E-state index contributed by atoms with van der Waals surface area (Å²) in [6.45, 7) is 3.85. The largest absolute Gasteiger partial charge is 0.449 e. The van der Waals surface area contributed by atoms with Gasteiger partial charge in [0.2, 0.25) is 0 Å². The highest BCUT2D eigenvalue weighted by Crippen LogP contribution is 2.29. The number of nitrogens with zero attached hydrogens (tertiary/aromatic N) is 1. The van der Waals surface area contributed by atoms with Crippen LogP contribution in [0.2, 0.25) is 0 Å². The van der Waals surface area contributed by atoms with Crippen LogP contribution in [0.1, 0.15) is 19.3 Å². The minimum Gasteiger partial charge on any atom is -0.449 e. The van der Waals surface area contributed by atoms with E-state index in [4.69, 9.17) is 4.74 Å². The minimum absolute atomic E-state index is 0.153. The summed E-state index contributed by atoms with van der Waals surface area (Å²) >= 11 is 0. The number of unbranched alkanes of at least 4 members (excludes halogenated alkanes) is 2. The average Bonchev–Trinajstić information content (AvgIpc) is 2.58. The van der Waals surface area contributed by atoms with Gasteiger partial charge in [0.05, 0.1) is 18.0 Å². The van der Waals surface area contributed by atoms with Crippen molar-refractivity contribution in [3.8, 4) is 0 Å². The van der Waals surface area contributed by atoms with Crippen molar-refractivity contribution in [2.24, 2.45) is 0 Å². The second-order valence-corrected chi connectivity index (χ2v) is 5.07. The third-order valence-corrected chi connectivity index (χ3v) is 3.29. The van der Waals surface area contributed by atoms with E-state index in [0.29, 0.717) is 18.5 Å². The number of hydrogen-bond acceptors (Lipinski definition) is 2. The quantitative estimate of drug-likeness (QED) is 0.523. The normalized spacial score (nSPS) is 10.5. The molecule has 1 amide bonds. The molecule has 0 unspecified atom stereocenters. The highest BCUT2D eigenvalue weighted by Gasteiger charge is 2.22. The summed E-state index contributed by atoms with van der Waals surface area (Å²) in [5, 5.41) is 0. The van der Waals surface area contributed by atoms with Gasteiger partial charge in [-0.05, 0) is 18.6 Å². The van der Waals surface area contributed by atoms with Crippen molar-refractivity contribution < 1.29 is 22.7 Å². The van der Waals surface area contributed by atoms with Gasteiger partial charge in [-0.25, -0.2) is 22.9 Å². The highest BCUT2D eigenvalue weighted by molar-refractivity contribution is 5.95. The van der Waals surface area contributed by atoms with E-state index in [2.05, 4.69) is 6.92 Å². The first-order chi connectivity index (χ1) is 11.5. The van der Waals surface area contributed by atoms with Gasteiger partial charge in [-0.3, -0.25) is 0 Å². The summed E-state index contributed by atoms with van der Waals surface area (Å²) in [6, 6.07) is 9.72. The van der Waals surface area contributed by atoms with Crippen LogP contribution in [0.3, 0.4) is 0 Å². The molecule has 3 nitrogen and oxygen atoms in total. The predicted molar refractivity (Wildman–Crippen MR) is 85.5 cm³/mol. The molecule has 0 atom stereocenters. The molecule has 2 aromatic rings. The van der Waals surface area contributed by atoms with E-state index in [1.54, 1.807) is 30.3 Å². The second kappa shape index (κ2) is 8.38. The molecule has 0 aliphatic rings. The molecule has 0 heterocycles. The number of benzene rings is 2. The molecule has 0 fully saturated rings. The number of carbonyl (C=O) groups is 1. The van der Waals surface area contributed by atoms with Crippen LogP contribution in [-0.4, -0.2) is 12.7 Å². The lowest BCUT2D eigenvalue weighted by atomic mass is 10.2. The topological polar surface area (TPSA) is 29.5 Å². The fourth-order valence-electron chi connectivity index (χ4n) is 2.11. The standard InChI is InChI=1S/C18H17F3NO2/c1-2-3-7-10-24-18(23)22(13-8-5-4-6-9-13)14-11-15(19)17(21)16(20)12-14/h4-6,8-9,11-12H,1-3,7,10H2.